The Kier molecular flexibility index (Phi) is 6.41. The summed E-state index contributed by atoms with van der Waals surface area (Å²) in [5, 5.41) is 21.7. The number of halogens is 7. The molecule has 3 saturated carbocycles. The van der Waals surface area contributed by atoms with Gasteiger partial charge in [0.25, 0.3) is 5.92 Å². The van der Waals surface area contributed by atoms with Crippen LogP contribution in [0.3, 0.4) is 0 Å². The molecule has 39 heavy (non-hydrogen) atoms. The molecule has 1 N–H and O–H groups in total. The lowest BCUT2D eigenvalue weighted by Gasteiger charge is -2.74. The van der Waals surface area contributed by atoms with Gasteiger partial charge >= 0.3 is 6.18 Å². The third-order valence-electron chi connectivity index (χ3n) is 7.89. The van der Waals surface area contributed by atoms with Crippen molar-refractivity contribution in [2.45, 2.75) is 55.0 Å². The second-order valence-electron chi connectivity index (χ2n) is 10.3. The number of nitrogens with zero attached hydrogens (tertiary/aromatic N) is 4. The molecule has 2 aromatic carbocycles. The van der Waals surface area contributed by atoms with Crippen molar-refractivity contribution in [3.05, 3.63) is 71.6 Å². The second kappa shape index (κ2) is 9.15. The summed E-state index contributed by atoms with van der Waals surface area (Å²) in [6.07, 6.45) is -5.80. The maximum Gasteiger partial charge on any atom is 0.417 e. The van der Waals surface area contributed by atoms with Gasteiger partial charge in [-0.15, -0.1) is 5.10 Å². The number of aromatic nitrogens is 4. The average molecular weight is 560 g/mol. The third kappa shape index (κ3) is 4.33. The SMILES string of the molecule is COC(COc1ccc(C23CC(C(F)(F)C(O)(Cn4cnnn4)c4ccc(F)cc4F)(C2)C3)cc1)C(F)(F)F. The van der Waals surface area contributed by atoms with E-state index in [4.69, 9.17) is 4.74 Å². The van der Waals surface area contributed by atoms with Crippen molar-refractivity contribution >= 4 is 0 Å². The van der Waals surface area contributed by atoms with Gasteiger partial charge in [-0.2, -0.15) is 13.2 Å². The molecule has 0 amide bonds. The first-order valence-corrected chi connectivity index (χ1v) is 11.8. The topological polar surface area (TPSA) is 82.3 Å². The Hall–Kier alpha value is -3.26. The fraction of sp³-hybridized carbons (Fsp3) is 0.480. The van der Waals surface area contributed by atoms with E-state index < -0.39 is 65.0 Å². The van der Waals surface area contributed by atoms with Gasteiger partial charge in [0.05, 0.1) is 6.54 Å². The largest absolute Gasteiger partial charge is 0.491 e. The first kappa shape index (κ1) is 27.3. The Balaban J connectivity index is 1.34. The summed E-state index contributed by atoms with van der Waals surface area (Å²) < 4.78 is 110. The van der Waals surface area contributed by atoms with Crippen LogP contribution in [-0.4, -0.2) is 57.2 Å². The summed E-state index contributed by atoms with van der Waals surface area (Å²) in [6, 6.07) is 8.09. The van der Waals surface area contributed by atoms with Crippen LogP contribution in [0.2, 0.25) is 0 Å². The molecule has 3 aliphatic rings. The Morgan fingerprint density at radius 2 is 1.69 bits per heavy atom. The summed E-state index contributed by atoms with van der Waals surface area (Å²) in [5.74, 6) is -6.04. The van der Waals surface area contributed by atoms with Gasteiger partial charge in [-0.05, 0) is 64.9 Å². The molecule has 2 atom stereocenters. The van der Waals surface area contributed by atoms with Crippen molar-refractivity contribution in [1.82, 2.24) is 20.2 Å². The summed E-state index contributed by atoms with van der Waals surface area (Å²) in [6.45, 7) is -1.63. The van der Waals surface area contributed by atoms with Crippen LogP contribution in [0.15, 0.2) is 48.8 Å². The molecule has 3 aliphatic carbocycles. The minimum atomic E-state index is -4.59. The van der Waals surface area contributed by atoms with Gasteiger partial charge < -0.3 is 14.6 Å². The molecule has 210 valence electrons. The first-order chi connectivity index (χ1) is 18.3. The standard InChI is InChI=1S/C25H23F7N4O3/c1-38-20(24(28,29)30)9-39-17-5-2-15(3-6-17)21-10-22(11-21,12-21)25(31,32)23(37,13-36-14-33-34-35-36)18-7-4-16(26)8-19(18)27/h2-8,14,20,37H,9-13H2,1H3. The summed E-state index contributed by atoms with van der Waals surface area (Å²) in [4.78, 5) is 0. The predicted molar refractivity (Wildman–Crippen MR) is 120 cm³/mol. The molecule has 1 aromatic heterocycles. The summed E-state index contributed by atoms with van der Waals surface area (Å²) in [7, 11) is 0.924. The van der Waals surface area contributed by atoms with Gasteiger partial charge in [0.1, 0.15) is 30.3 Å². The molecular formula is C25H23F7N4O3. The number of benzene rings is 2. The van der Waals surface area contributed by atoms with E-state index in [0.29, 0.717) is 11.6 Å². The maximum atomic E-state index is 16.2. The zero-order valence-electron chi connectivity index (χ0n) is 20.4. The van der Waals surface area contributed by atoms with E-state index in [2.05, 4.69) is 20.3 Å². The van der Waals surface area contributed by atoms with E-state index >= 15 is 8.78 Å². The Labute approximate surface area is 217 Å². The van der Waals surface area contributed by atoms with Crippen LogP contribution >= 0.6 is 0 Å². The summed E-state index contributed by atoms with van der Waals surface area (Å²) >= 11 is 0. The molecular weight excluding hydrogens is 537 g/mol. The number of alkyl halides is 5. The molecule has 6 rings (SSSR count). The number of rotatable bonds is 10. The molecule has 2 bridgehead atoms. The Morgan fingerprint density at radius 3 is 2.23 bits per heavy atom. The molecule has 14 heteroatoms. The maximum absolute atomic E-state index is 16.2. The van der Waals surface area contributed by atoms with Crippen LogP contribution in [0.5, 0.6) is 5.75 Å². The Morgan fingerprint density at radius 1 is 1.03 bits per heavy atom. The number of hydrogen-bond donors (Lipinski definition) is 1. The van der Waals surface area contributed by atoms with Gasteiger partial charge in [-0.3, -0.25) is 0 Å². The minimum Gasteiger partial charge on any atom is -0.491 e. The van der Waals surface area contributed by atoms with E-state index in [9.17, 15) is 27.1 Å². The van der Waals surface area contributed by atoms with Crippen molar-refractivity contribution in [3.63, 3.8) is 0 Å². The van der Waals surface area contributed by atoms with E-state index in [1.807, 2.05) is 0 Å². The molecule has 0 spiro atoms. The molecule has 2 unspecified atom stereocenters. The number of aliphatic hydroxyl groups is 1. The van der Waals surface area contributed by atoms with Gasteiger partial charge in [0.2, 0.25) is 0 Å². The molecule has 0 saturated heterocycles. The fourth-order valence-electron chi connectivity index (χ4n) is 5.90. The smallest absolute Gasteiger partial charge is 0.417 e. The lowest BCUT2D eigenvalue weighted by Crippen LogP contribution is -2.76. The molecule has 0 aliphatic heterocycles. The van der Waals surface area contributed by atoms with Crippen LogP contribution in [0.25, 0.3) is 0 Å². The molecule has 7 nitrogen and oxygen atoms in total. The van der Waals surface area contributed by atoms with Crippen molar-refractivity contribution in [3.8, 4) is 5.75 Å². The van der Waals surface area contributed by atoms with Crippen molar-refractivity contribution in [2.75, 3.05) is 13.7 Å². The highest BCUT2D eigenvalue weighted by Gasteiger charge is 2.82. The number of methoxy groups -OCH3 is 1. The van der Waals surface area contributed by atoms with Gasteiger partial charge in [-0.1, -0.05) is 12.1 Å². The van der Waals surface area contributed by atoms with Crippen molar-refractivity contribution in [1.29, 1.82) is 0 Å². The molecule has 3 aromatic rings. The predicted octanol–water partition coefficient (Wildman–Crippen LogP) is 4.55. The van der Waals surface area contributed by atoms with Gasteiger partial charge in [-0.25, -0.2) is 22.2 Å². The van der Waals surface area contributed by atoms with Crippen LogP contribution in [0, 0.1) is 17.0 Å². The summed E-state index contributed by atoms with van der Waals surface area (Å²) in [5.41, 5.74) is -5.51. The van der Waals surface area contributed by atoms with E-state index in [1.165, 1.54) is 12.1 Å². The second-order valence-corrected chi connectivity index (χ2v) is 10.3. The monoisotopic (exact) mass is 560 g/mol. The fourth-order valence-corrected chi connectivity index (χ4v) is 5.90. The van der Waals surface area contributed by atoms with Gasteiger partial charge in [0.15, 0.2) is 11.7 Å². The number of tetrazole rings is 1. The molecule has 0 radical (unpaired) electrons. The van der Waals surface area contributed by atoms with Crippen molar-refractivity contribution < 1.29 is 45.3 Å². The van der Waals surface area contributed by atoms with Crippen LogP contribution in [0.4, 0.5) is 30.7 Å². The van der Waals surface area contributed by atoms with E-state index in [0.717, 1.165) is 30.3 Å². The van der Waals surface area contributed by atoms with E-state index in [1.54, 1.807) is 12.1 Å². The highest BCUT2D eigenvalue weighted by Crippen LogP contribution is 2.80. The zero-order chi connectivity index (χ0) is 28.3. The lowest BCUT2D eigenvalue weighted by molar-refractivity contribution is -0.347. The number of ether oxygens (including phenoxy) is 2. The lowest BCUT2D eigenvalue weighted by atomic mass is 9.30. The highest BCUT2D eigenvalue weighted by atomic mass is 19.4. The van der Waals surface area contributed by atoms with Crippen LogP contribution in [-0.2, 0) is 22.3 Å². The minimum absolute atomic E-state index is 0.0340. The van der Waals surface area contributed by atoms with E-state index in [-0.39, 0.29) is 25.0 Å². The highest BCUT2D eigenvalue weighted by molar-refractivity contribution is 5.44. The van der Waals surface area contributed by atoms with Gasteiger partial charge in [0, 0.05) is 24.2 Å². The zero-order valence-corrected chi connectivity index (χ0v) is 20.4. The Bertz CT molecular complexity index is 1310. The first-order valence-electron chi connectivity index (χ1n) is 11.8. The van der Waals surface area contributed by atoms with Crippen molar-refractivity contribution in [2.24, 2.45) is 5.41 Å². The normalized spacial score (nSPS) is 24.8. The van der Waals surface area contributed by atoms with Crippen LogP contribution in [0.1, 0.15) is 30.4 Å². The quantitative estimate of drug-likeness (QED) is 0.367. The van der Waals surface area contributed by atoms with Crippen LogP contribution < -0.4 is 4.74 Å². The molecule has 3 fully saturated rings. The number of hydrogen-bond acceptors (Lipinski definition) is 6. The average Bonchev–Trinajstić information content (AvgIpc) is 3.30. The molecule has 1 heterocycles. The third-order valence-corrected chi connectivity index (χ3v) is 7.89.